The van der Waals surface area contributed by atoms with E-state index in [1.54, 1.807) is 0 Å². The maximum absolute atomic E-state index is 12.2. The molecular formula is C18H28N2O. The Bertz CT molecular complexity index is 486. The van der Waals surface area contributed by atoms with Crippen molar-refractivity contribution < 1.29 is 4.79 Å². The van der Waals surface area contributed by atoms with Crippen LogP contribution in [0.5, 0.6) is 0 Å². The van der Waals surface area contributed by atoms with Crippen molar-refractivity contribution >= 4 is 5.91 Å². The lowest BCUT2D eigenvalue weighted by molar-refractivity contribution is -0.121. The van der Waals surface area contributed by atoms with E-state index >= 15 is 0 Å². The summed E-state index contributed by atoms with van der Waals surface area (Å²) in [6.45, 7) is 9.96. The van der Waals surface area contributed by atoms with Crippen LogP contribution in [0.3, 0.4) is 0 Å². The molecule has 2 N–H and O–H groups in total. The molecular weight excluding hydrogens is 260 g/mol. The second-order valence-electron chi connectivity index (χ2n) is 7.35. The molecule has 1 atom stereocenters. The summed E-state index contributed by atoms with van der Waals surface area (Å²) in [5.74, 6) is 0.880. The van der Waals surface area contributed by atoms with Gasteiger partial charge < -0.3 is 10.6 Å². The molecule has 2 rings (SSSR count). The Morgan fingerprint density at radius 1 is 1.33 bits per heavy atom. The molecule has 1 unspecified atom stereocenters. The fourth-order valence-electron chi connectivity index (χ4n) is 2.57. The van der Waals surface area contributed by atoms with Gasteiger partial charge in [0.15, 0.2) is 0 Å². The summed E-state index contributed by atoms with van der Waals surface area (Å²) >= 11 is 0. The van der Waals surface area contributed by atoms with E-state index in [9.17, 15) is 4.79 Å². The van der Waals surface area contributed by atoms with E-state index in [0.717, 1.165) is 12.5 Å². The van der Waals surface area contributed by atoms with Crippen molar-refractivity contribution in [3.63, 3.8) is 0 Å². The number of hydrogen-bond donors (Lipinski definition) is 2. The molecule has 1 saturated carbocycles. The van der Waals surface area contributed by atoms with Crippen molar-refractivity contribution in [2.75, 3.05) is 13.1 Å². The van der Waals surface area contributed by atoms with Crippen LogP contribution in [0.4, 0.5) is 0 Å². The highest BCUT2D eigenvalue weighted by Crippen LogP contribution is 2.33. The van der Waals surface area contributed by atoms with Crippen LogP contribution >= 0.6 is 0 Å². The molecule has 1 aromatic rings. The third-order valence-corrected chi connectivity index (χ3v) is 3.96. The summed E-state index contributed by atoms with van der Waals surface area (Å²) in [6, 6.07) is 8.44. The zero-order valence-electron chi connectivity index (χ0n) is 13.7. The average molecular weight is 288 g/mol. The minimum Gasteiger partial charge on any atom is -0.348 e. The number of nitrogens with one attached hydrogen (secondary N) is 2. The Kier molecular flexibility index (Phi) is 5.04. The van der Waals surface area contributed by atoms with Crippen molar-refractivity contribution in [3.8, 4) is 0 Å². The second kappa shape index (κ2) is 6.61. The third kappa shape index (κ3) is 5.16. The summed E-state index contributed by atoms with van der Waals surface area (Å²) in [5, 5.41) is 6.45. The Labute approximate surface area is 128 Å². The minimum absolute atomic E-state index is 0.0139. The van der Waals surface area contributed by atoms with E-state index in [0.29, 0.717) is 6.54 Å². The summed E-state index contributed by atoms with van der Waals surface area (Å²) in [4.78, 5) is 12.2. The predicted octanol–water partition coefficient (Wildman–Crippen LogP) is 3.20. The van der Waals surface area contributed by atoms with Crippen LogP contribution in [-0.4, -0.2) is 19.0 Å². The smallest absolute Gasteiger partial charge is 0.234 e. The van der Waals surface area contributed by atoms with Crippen LogP contribution < -0.4 is 10.6 Å². The van der Waals surface area contributed by atoms with Crippen LogP contribution in [0.1, 0.15) is 50.8 Å². The van der Waals surface area contributed by atoms with Crippen LogP contribution in [0.25, 0.3) is 0 Å². The Morgan fingerprint density at radius 3 is 2.62 bits per heavy atom. The highest BCUT2D eigenvalue weighted by atomic mass is 16.2. The van der Waals surface area contributed by atoms with Gasteiger partial charge in [-0.2, -0.15) is 0 Å². The predicted molar refractivity (Wildman–Crippen MR) is 87.1 cm³/mol. The highest BCUT2D eigenvalue weighted by Gasteiger charge is 2.28. The monoisotopic (exact) mass is 288 g/mol. The number of carbonyl (C=O) groups excluding carboxylic acids is 1. The maximum atomic E-state index is 12.2. The summed E-state index contributed by atoms with van der Waals surface area (Å²) in [5.41, 5.74) is 2.39. The van der Waals surface area contributed by atoms with Gasteiger partial charge in [-0.25, -0.2) is 0 Å². The van der Waals surface area contributed by atoms with E-state index in [1.165, 1.54) is 24.0 Å². The van der Waals surface area contributed by atoms with Crippen LogP contribution in [0, 0.1) is 18.3 Å². The number of hydrogen-bond acceptors (Lipinski definition) is 2. The average Bonchev–Trinajstić information content (AvgIpc) is 3.18. The van der Waals surface area contributed by atoms with Gasteiger partial charge in [0, 0.05) is 0 Å². The third-order valence-electron chi connectivity index (χ3n) is 3.96. The minimum atomic E-state index is -0.0139. The van der Waals surface area contributed by atoms with Crippen molar-refractivity contribution in [3.05, 3.63) is 35.4 Å². The van der Waals surface area contributed by atoms with Gasteiger partial charge in [0.2, 0.25) is 5.91 Å². The van der Waals surface area contributed by atoms with Crippen molar-refractivity contribution in [2.45, 2.75) is 46.6 Å². The SMILES string of the molecule is Cc1cccc(C(NC(=O)CNCC2CC2)C(C)(C)C)c1. The lowest BCUT2D eigenvalue weighted by atomic mass is 9.82. The van der Waals surface area contributed by atoms with Crippen LogP contribution in [0.15, 0.2) is 24.3 Å². The molecule has 1 amide bonds. The maximum Gasteiger partial charge on any atom is 0.234 e. The van der Waals surface area contributed by atoms with E-state index in [4.69, 9.17) is 0 Å². The summed E-state index contributed by atoms with van der Waals surface area (Å²) in [6.07, 6.45) is 2.62. The number of amides is 1. The Morgan fingerprint density at radius 2 is 2.05 bits per heavy atom. The highest BCUT2D eigenvalue weighted by molar-refractivity contribution is 5.78. The fourth-order valence-corrected chi connectivity index (χ4v) is 2.57. The van der Waals surface area contributed by atoms with Gasteiger partial charge in [0.25, 0.3) is 0 Å². The quantitative estimate of drug-likeness (QED) is 0.844. The molecule has 0 aromatic heterocycles. The molecule has 116 valence electrons. The summed E-state index contributed by atoms with van der Waals surface area (Å²) < 4.78 is 0. The molecule has 0 spiro atoms. The van der Waals surface area contributed by atoms with E-state index < -0.39 is 0 Å². The van der Waals surface area contributed by atoms with Gasteiger partial charge in [-0.05, 0) is 43.2 Å². The Hall–Kier alpha value is -1.35. The first-order valence-electron chi connectivity index (χ1n) is 7.93. The largest absolute Gasteiger partial charge is 0.348 e. The molecule has 0 radical (unpaired) electrons. The lowest BCUT2D eigenvalue weighted by Gasteiger charge is -2.32. The van der Waals surface area contributed by atoms with Crippen molar-refractivity contribution in [2.24, 2.45) is 11.3 Å². The fraction of sp³-hybridized carbons (Fsp3) is 0.611. The molecule has 3 heteroatoms. The molecule has 1 fully saturated rings. The van der Waals surface area contributed by atoms with Gasteiger partial charge in [0.05, 0.1) is 12.6 Å². The van der Waals surface area contributed by atoms with Crippen molar-refractivity contribution in [1.82, 2.24) is 10.6 Å². The van der Waals surface area contributed by atoms with Gasteiger partial charge in [-0.3, -0.25) is 4.79 Å². The molecule has 1 aliphatic carbocycles. The van der Waals surface area contributed by atoms with Crippen molar-refractivity contribution in [1.29, 1.82) is 0 Å². The topological polar surface area (TPSA) is 41.1 Å². The van der Waals surface area contributed by atoms with E-state index in [2.05, 4.69) is 62.6 Å². The lowest BCUT2D eigenvalue weighted by Crippen LogP contribution is -2.41. The Balaban J connectivity index is 1.97. The van der Waals surface area contributed by atoms with Gasteiger partial charge in [0.1, 0.15) is 0 Å². The van der Waals surface area contributed by atoms with Gasteiger partial charge >= 0.3 is 0 Å². The molecule has 1 aliphatic rings. The molecule has 21 heavy (non-hydrogen) atoms. The first kappa shape index (κ1) is 16.0. The number of aryl methyl sites for hydroxylation is 1. The second-order valence-corrected chi connectivity index (χ2v) is 7.35. The van der Waals surface area contributed by atoms with E-state index in [1.807, 2.05) is 0 Å². The molecule has 1 aromatic carbocycles. The number of benzene rings is 1. The normalized spacial score (nSPS) is 16.6. The number of rotatable bonds is 6. The number of carbonyl (C=O) groups is 1. The van der Waals surface area contributed by atoms with Gasteiger partial charge in [-0.15, -0.1) is 0 Å². The van der Waals surface area contributed by atoms with E-state index in [-0.39, 0.29) is 17.4 Å². The molecule has 3 nitrogen and oxygen atoms in total. The first-order valence-corrected chi connectivity index (χ1v) is 7.93. The first-order chi connectivity index (χ1) is 9.86. The zero-order chi connectivity index (χ0) is 15.5. The molecule has 0 aliphatic heterocycles. The van der Waals surface area contributed by atoms with Gasteiger partial charge in [-0.1, -0.05) is 50.6 Å². The standard InChI is InChI=1S/C18H28N2O/c1-13-6-5-7-15(10-13)17(18(2,3)4)20-16(21)12-19-11-14-8-9-14/h5-7,10,14,17,19H,8-9,11-12H2,1-4H3,(H,20,21). The molecule has 0 bridgehead atoms. The molecule has 0 saturated heterocycles. The molecule has 0 heterocycles. The summed E-state index contributed by atoms with van der Waals surface area (Å²) in [7, 11) is 0. The zero-order valence-corrected chi connectivity index (χ0v) is 13.7. The van der Waals surface area contributed by atoms with Crippen LogP contribution in [0.2, 0.25) is 0 Å². The van der Waals surface area contributed by atoms with Crippen LogP contribution in [-0.2, 0) is 4.79 Å².